The molecule has 2 amide bonds. The molecule has 0 atom stereocenters. The van der Waals surface area contributed by atoms with Crippen LogP contribution in [0.4, 0.5) is 0 Å². The molecule has 1 N–H and O–H groups in total. The molecular weight excluding hydrogens is 412 g/mol. The molecule has 164 valence electrons. The molecule has 0 bridgehead atoms. The van der Waals surface area contributed by atoms with Crippen molar-refractivity contribution in [3.05, 3.63) is 64.4 Å². The van der Waals surface area contributed by atoms with Gasteiger partial charge in [0.25, 0.3) is 11.8 Å². The highest BCUT2D eigenvalue weighted by atomic mass is 16.5. The summed E-state index contributed by atoms with van der Waals surface area (Å²) in [4.78, 5) is 38.1. The molecule has 2 aromatic rings. The first-order valence-electron chi connectivity index (χ1n) is 10.1. The third kappa shape index (κ3) is 4.53. The maximum absolute atomic E-state index is 12.8. The van der Waals surface area contributed by atoms with Gasteiger partial charge in [0.15, 0.2) is 0 Å². The molecule has 1 aromatic heterocycles. The van der Waals surface area contributed by atoms with Gasteiger partial charge in [-0.2, -0.15) is 5.26 Å². The number of β-amino-alcohol motifs (C(OH)–C–C–N with tert-alkyl or cyclic N) is 1. The zero-order valence-corrected chi connectivity index (χ0v) is 17.8. The fraction of sp³-hybridized carbons (Fsp3) is 0.250. The monoisotopic (exact) mass is 434 g/mol. The zero-order valence-electron chi connectivity index (χ0n) is 17.8. The van der Waals surface area contributed by atoms with Gasteiger partial charge in [-0.25, -0.2) is 4.79 Å². The fourth-order valence-corrected chi connectivity index (χ4v) is 3.24. The van der Waals surface area contributed by atoms with E-state index in [2.05, 4.69) is 0 Å². The van der Waals surface area contributed by atoms with Crippen molar-refractivity contribution >= 4 is 23.9 Å². The van der Waals surface area contributed by atoms with Crippen LogP contribution < -0.4 is 0 Å². The first-order valence-corrected chi connectivity index (χ1v) is 10.1. The first-order chi connectivity index (χ1) is 15.4. The van der Waals surface area contributed by atoms with Gasteiger partial charge < -0.3 is 14.3 Å². The van der Waals surface area contributed by atoms with Crippen molar-refractivity contribution in [2.75, 3.05) is 19.8 Å². The summed E-state index contributed by atoms with van der Waals surface area (Å²) in [6.07, 6.45) is 2.18. The molecule has 0 saturated carbocycles. The summed E-state index contributed by atoms with van der Waals surface area (Å²) < 4.78 is 11.0. The number of ether oxygens (including phenoxy) is 1. The second kappa shape index (κ2) is 9.90. The molecule has 1 aromatic carbocycles. The summed E-state index contributed by atoms with van der Waals surface area (Å²) in [5.74, 6) is -0.964. The Balaban J connectivity index is 1.94. The Bertz CT molecular complexity index is 1170. The fourth-order valence-electron chi connectivity index (χ4n) is 3.24. The third-order valence-electron chi connectivity index (χ3n) is 4.88. The number of hydrogen-bond donors (Lipinski definition) is 1. The predicted octanol–water partition coefficient (Wildman–Crippen LogP) is 3.10. The average molecular weight is 434 g/mol. The summed E-state index contributed by atoms with van der Waals surface area (Å²) in [5.41, 5.74) is 1.26. The van der Waals surface area contributed by atoms with E-state index in [0.717, 1.165) is 11.3 Å². The minimum absolute atomic E-state index is 0.132. The summed E-state index contributed by atoms with van der Waals surface area (Å²) in [5, 5.41) is 18.5. The van der Waals surface area contributed by atoms with E-state index < -0.39 is 24.4 Å². The van der Waals surface area contributed by atoms with Gasteiger partial charge in [-0.3, -0.25) is 14.5 Å². The Morgan fingerprint density at radius 1 is 1.25 bits per heavy atom. The van der Waals surface area contributed by atoms with Crippen molar-refractivity contribution in [2.45, 2.75) is 20.3 Å². The highest BCUT2D eigenvalue weighted by Gasteiger charge is 2.35. The van der Waals surface area contributed by atoms with Crippen LogP contribution in [0.5, 0.6) is 0 Å². The Labute approximate surface area is 185 Å². The SMILES string of the molecule is CCCOC(=O)c1cccc(-c2ccc(C=C3C(=O)N(CCO)C(=O)C(C#N)=C3C)o2)c1. The highest BCUT2D eigenvalue weighted by molar-refractivity contribution is 6.19. The second-order valence-electron chi connectivity index (χ2n) is 7.07. The van der Waals surface area contributed by atoms with Crippen LogP contribution in [-0.2, 0) is 14.3 Å². The van der Waals surface area contributed by atoms with Crippen LogP contribution in [0.25, 0.3) is 17.4 Å². The van der Waals surface area contributed by atoms with E-state index in [1.165, 1.54) is 13.0 Å². The maximum Gasteiger partial charge on any atom is 0.338 e. The number of carbonyl (C=O) groups is 3. The lowest BCUT2D eigenvalue weighted by Gasteiger charge is -2.26. The van der Waals surface area contributed by atoms with E-state index in [0.29, 0.717) is 29.3 Å². The van der Waals surface area contributed by atoms with Crippen LogP contribution in [0, 0.1) is 11.3 Å². The topological polar surface area (TPSA) is 121 Å². The number of esters is 1. The zero-order chi connectivity index (χ0) is 23.3. The van der Waals surface area contributed by atoms with Crippen LogP contribution in [0.3, 0.4) is 0 Å². The quantitative estimate of drug-likeness (QED) is 0.404. The standard InChI is InChI=1S/C24H22N2O6/c1-3-11-31-24(30)17-6-4-5-16(12-17)21-8-7-18(32-21)13-19-15(2)20(14-25)23(29)26(9-10-27)22(19)28/h4-8,12-13,27H,3,9-11H2,1-2H3. The van der Waals surface area contributed by atoms with Gasteiger partial charge in [0.2, 0.25) is 0 Å². The van der Waals surface area contributed by atoms with Crippen molar-refractivity contribution in [1.82, 2.24) is 4.90 Å². The van der Waals surface area contributed by atoms with E-state index in [4.69, 9.17) is 9.15 Å². The molecule has 3 rings (SSSR count). The number of imide groups is 1. The van der Waals surface area contributed by atoms with E-state index >= 15 is 0 Å². The molecule has 1 aliphatic rings. The number of amides is 2. The van der Waals surface area contributed by atoms with Gasteiger partial charge in [-0.15, -0.1) is 0 Å². The highest BCUT2D eigenvalue weighted by Crippen LogP contribution is 2.29. The number of nitriles is 1. The molecule has 0 unspecified atom stereocenters. The van der Waals surface area contributed by atoms with Crippen molar-refractivity contribution < 1.29 is 28.6 Å². The second-order valence-corrected chi connectivity index (χ2v) is 7.07. The van der Waals surface area contributed by atoms with Gasteiger partial charge in [0.05, 0.1) is 25.3 Å². The normalized spacial score (nSPS) is 15.3. The minimum Gasteiger partial charge on any atom is -0.462 e. The van der Waals surface area contributed by atoms with Gasteiger partial charge in [-0.1, -0.05) is 19.1 Å². The van der Waals surface area contributed by atoms with E-state index in [9.17, 15) is 24.8 Å². The predicted molar refractivity (Wildman–Crippen MR) is 115 cm³/mol. The van der Waals surface area contributed by atoms with Gasteiger partial charge in [0, 0.05) is 11.1 Å². The lowest BCUT2D eigenvalue weighted by molar-refractivity contribution is -0.141. The average Bonchev–Trinajstić information content (AvgIpc) is 3.27. The number of furan rings is 1. The van der Waals surface area contributed by atoms with Crippen molar-refractivity contribution in [3.63, 3.8) is 0 Å². The Morgan fingerprint density at radius 3 is 2.72 bits per heavy atom. The number of hydrogen-bond acceptors (Lipinski definition) is 7. The molecular formula is C24H22N2O6. The van der Waals surface area contributed by atoms with Crippen LogP contribution >= 0.6 is 0 Å². The molecule has 1 aliphatic heterocycles. The van der Waals surface area contributed by atoms with Crippen LogP contribution in [0.2, 0.25) is 0 Å². The number of nitrogens with zero attached hydrogens (tertiary/aromatic N) is 2. The largest absolute Gasteiger partial charge is 0.462 e. The van der Waals surface area contributed by atoms with Crippen molar-refractivity contribution in [1.29, 1.82) is 5.26 Å². The van der Waals surface area contributed by atoms with Crippen LogP contribution in [-0.4, -0.2) is 47.5 Å². The lowest BCUT2D eigenvalue weighted by Crippen LogP contribution is -2.44. The Hall–Kier alpha value is -3.96. The Kier molecular flexibility index (Phi) is 7.03. The number of carbonyl (C=O) groups excluding carboxylic acids is 3. The number of aliphatic hydroxyl groups is 1. The van der Waals surface area contributed by atoms with Gasteiger partial charge >= 0.3 is 5.97 Å². The number of benzene rings is 1. The van der Waals surface area contributed by atoms with Crippen LogP contribution in [0.15, 0.2) is 57.5 Å². The number of aliphatic hydroxyl groups excluding tert-OH is 1. The van der Waals surface area contributed by atoms with Crippen molar-refractivity contribution in [2.24, 2.45) is 0 Å². The van der Waals surface area contributed by atoms with Crippen LogP contribution in [0.1, 0.15) is 36.4 Å². The molecule has 8 heteroatoms. The van der Waals surface area contributed by atoms with Gasteiger partial charge in [-0.05, 0) is 49.3 Å². The summed E-state index contributed by atoms with van der Waals surface area (Å²) in [6.45, 7) is 3.14. The molecule has 0 aliphatic carbocycles. The summed E-state index contributed by atoms with van der Waals surface area (Å²) in [7, 11) is 0. The summed E-state index contributed by atoms with van der Waals surface area (Å²) >= 11 is 0. The maximum atomic E-state index is 12.8. The third-order valence-corrected chi connectivity index (χ3v) is 4.88. The Morgan fingerprint density at radius 2 is 2.03 bits per heavy atom. The smallest absolute Gasteiger partial charge is 0.338 e. The minimum atomic E-state index is -0.729. The van der Waals surface area contributed by atoms with E-state index in [-0.39, 0.29) is 23.3 Å². The van der Waals surface area contributed by atoms with E-state index in [1.54, 1.807) is 36.4 Å². The lowest BCUT2D eigenvalue weighted by atomic mass is 9.95. The molecule has 0 spiro atoms. The first kappa shape index (κ1) is 22.7. The molecule has 2 heterocycles. The van der Waals surface area contributed by atoms with E-state index in [1.807, 2.05) is 13.0 Å². The molecule has 0 radical (unpaired) electrons. The van der Waals surface area contributed by atoms with Gasteiger partial charge in [0.1, 0.15) is 23.2 Å². The molecule has 32 heavy (non-hydrogen) atoms. The summed E-state index contributed by atoms with van der Waals surface area (Å²) in [6, 6.07) is 12.0. The molecule has 8 nitrogen and oxygen atoms in total. The molecule has 0 fully saturated rings. The van der Waals surface area contributed by atoms with Crippen molar-refractivity contribution in [3.8, 4) is 17.4 Å². The molecule has 0 saturated heterocycles. The number of rotatable bonds is 7.